The predicted molar refractivity (Wildman–Crippen MR) is 66.4 cm³/mol. The van der Waals surface area contributed by atoms with Crippen molar-refractivity contribution in [2.75, 3.05) is 19.7 Å². The molecule has 0 unspecified atom stereocenters. The van der Waals surface area contributed by atoms with E-state index in [2.05, 4.69) is 10.3 Å². The molecule has 1 aliphatic rings. The summed E-state index contributed by atoms with van der Waals surface area (Å²) in [5.41, 5.74) is 0.284. The molecule has 1 fully saturated rings. The van der Waals surface area contributed by atoms with E-state index in [-0.39, 0.29) is 24.1 Å². The second kappa shape index (κ2) is 6.31. The Morgan fingerprint density at radius 2 is 2.05 bits per heavy atom. The molecule has 1 aromatic rings. The van der Waals surface area contributed by atoms with Crippen LogP contribution in [-0.2, 0) is 16.1 Å². The number of likely N-dealkylation sites (tertiary alicyclic amines) is 1. The average Bonchev–Trinajstić information content (AvgIpc) is 2.87. The molecule has 104 valence electrons. The number of rotatable bonds is 4. The largest absolute Gasteiger partial charge is 0.465 e. The minimum atomic E-state index is -0.385. The van der Waals surface area contributed by atoms with Crippen LogP contribution in [0.5, 0.6) is 0 Å². The van der Waals surface area contributed by atoms with Crippen LogP contribution in [0, 0.1) is 0 Å². The van der Waals surface area contributed by atoms with E-state index in [1.54, 1.807) is 11.8 Å². The topological polar surface area (TPSA) is 77.3 Å². The molecular formula is C12H18N4O3. The van der Waals surface area contributed by atoms with Gasteiger partial charge in [0.25, 0.3) is 5.91 Å². The number of nitrogens with zero attached hydrogens (tertiary/aromatic N) is 4. The molecule has 1 aromatic heterocycles. The van der Waals surface area contributed by atoms with E-state index >= 15 is 0 Å². The normalized spacial score (nSPS) is 15.3. The fourth-order valence-electron chi connectivity index (χ4n) is 2.07. The van der Waals surface area contributed by atoms with Gasteiger partial charge in [0.15, 0.2) is 5.69 Å². The number of carbonyl (C=O) groups excluding carboxylic acids is 2. The van der Waals surface area contributed by atoms with Gasteiger partial charge >= 0.3 is 5.97 Å². The quantitative estimate of drug-likeness (QED) is 0.740. The molecule has 1 aliphatic heterocycles. The van der Waals surface area contributed by atoms with Gasteiger partial charge in [-0.15, -0.1) is 5.10 Å². The summed E-state index contributed by atoms with van der Waals surface area (Å²) in [4.78, 5) is 25.2. The monoisotopic (exact) mass is 266 g/mol. The molecule has 0 bridgehead atoms. The first-order valence-electron chi connectivity index (χ1n) is 6.55. The number of amides is 1. The molecule has 0 aromatic carbocycles. The van der Waals surface area contributed by atoms with Gasteiger partial charge in [0.05, 0.1) is 12.8 Å². The number of carbonyl (C=O) groups is 2. The van der Waals surface area contributed by atoms with Crippen molar-refractivity contribution in [2.45, 2.75) is 32.7 Å². The smallest absolute Gasteiger partial charge is 0.327 e. The van der Waals surface area contributed by atoms with Gasteiger partial charge in [-0.25, -0.2) is 4.68 Å². The lowest BCUT2D eigenvalue weighted by molar-refractivity contribution is -0.144. The van der Waals surface area contributed by atoms with E-state index in [9.17, 15) is 9.59 Å². The van der Waals surface area contributed by atoms with Gasteiger partial charge in [-0.2, -0.15) is 0 Å². The highest BCUT2D eigenvalue weighted by molar-refractivity contribution is 5.92. The Hall–Kier alpha value is -1.92. The van der Waals surface area contributed by atoms with Gasteiger partial charge in [0.2, 0.25) is 0 Å². The van der Waals surface area contributed by atoms with E-state index in [1.807, 2.05) is 0 Å². The molecule has 0 N–H and O–H groups in total. The van der Waals surface area contributed by atoms with Crippen molar-refractivity contribution in [2.24, 2.45) is 0 Å². The number of ether oxygens (including phenoxy) is 1. The van der Waals surface area contributed by atoms with Crippen LogP contribution in [0.15, 0.2) is 6.20 Å². The third kappa shape index (κ3) is 3.52. The van der Waals surface area contributed by atoms with E-state index in [0.29, 0.717) is 6.61 Å². The van der Waals surface area contributed by atoms with Gasteiger partial charge in [-0.05, 0) is 26.2 Å². The van der Waals surface area contributed by atoms with Crippen LogP contribution in [-0.4, -0.2) is 51.5 Å². The van der Waals surface area contributed by atoms with Crippen LogP contribution in [0.4, 0.5) is 0 Å². The summed E-state index contributed by atoms with van der Waals surface area (Å²) < 4.78 is 6.14. The lowest BCUT2D eigenvalue weighted by Crippen LogP contribution is -2.35. The van der Waals surface area contributed by atoms with Crippen LogP contribution in [0.3, 0.4) is 0 Å². The summed E-state index contributed by atoms with van der Waals surface area (Å²) in [5, 5.41) is 7.59. The maximum atomic E-state index is 12.1. The molecule has 2 rings (SSSR count). The second-order valence-corrected chi connectivity index (χ2v) is 4.46. The molecule has 19 heavy (non-hydrogen) atoms. The van der Waals surface area contributed by atoms with Crippen LogP contribution in [0.1, 0.15) is 36.7 Å². The molecule has 0 spiro atoms. The SMILES string of the molecule is CCOC(=O)Cn1cc(C(=O)N2CCCCC2)nn1. The van der Waals surface area contributed by atoms with Gasteiger partial charge in [-0.3, -0.25) is 9.59 Å². The number of piperidine rings is 1. The summed E-state index contributed by atoms with van der Waals surface area (Å²) in [7, 11) is 0. The van der Waals surface area contributed by atoms with Gasteiger partial charge in [0, 0.05) is 13.1 Å². The molecule has 0 atom stereocenters. The number of hydrogen-bond donors (Lipinski definition) is 0. The van der Waals surface area contributed by atoms with Gasteiger partial charge in [-0.1, -0.05) is 5.21 Å². The lowest BCUT2D eigenvalue weighted by atomic mass is 10.1. The molecule has 7 heteroatoms. The number of hydrogen-bond acceptors (Lipinski definition) is 5. The fourth-order valence-corrected chi connectivity index (χ4v) is 2.07. The Balaban J connectivity index is 1.95. The average molecular weight is 266 g/mol. The van der Waals surface area contributed by atoms with Gasteiger partial charge < -0.3 is 9.64 Å². The summed E-state index contributed by atoms with van der Waals surface area (Å²) in [5.74, 6) is -0.501. The highest BCUT2D eigenvalue weighted by Crippen LogP contribution is 2.11. The zero-order valence-electron chi connectivity index (χ0n) is 11.0. The first kappa shape index (κ1) is 13.5. The molecule has 7 nitrogen and oxygen atoms in total. The number of aromatic nitrogens is 3. The van der Waals surface area contributed by atoms with Crippen molar-refractivity contribution >= 4 is 11.9 Å². The third-order valence-corrected chi connectivity index (χ3v) is 3.00. The fraction of sp³-hybridized carbons (Fsp3) is 0.667. The predicted octanol–water partition coefficient (Wildman–Crippen LogP) is 0.467. The zero-order valence-corrected chi connectivity index (χ0v) is 11.0. The van der Waals surface area contributed by atoms with Crippen molar-refractivity contribution in [3.8, 4) is 0 Å². The van der Waals surface area contributed by atoms with Crippen molar-refractivity contribution < 1.29 is 14.3 Å². The molecule has 1 amide bonds. The van der Waals surface area contributed by atoms with Crippen LogP contribution >= 0.6 is 0 Å². The third-order valence-electron chi connectivity index (χ3n) is 3.00. The van der Waals surface area contributed by atoms with E-state index in [4.69, 9.17) is 4.74 Å². The Labute approximate surface area is 111 Å². The highest BCUT2D eigenvalue weighted by Gasteiger charge is 2.21. The minimum Gasteiger partial charge on any atom is -0.465 e. The summed E-state index contributed by atoms with van der Waals surface area (Å²) >= 11 is 0. The molecule has 2 heterocycles. The molecule has 1 saturated heterocycles. The Morgan fingerprint density at radius 3 is 2.74 bits per heavy atom. The summed E-state index contributed by atoms with van der Waals surface area (Å²) in [6.45, 7) is 3.58. The van der Waals surface area contributed by atoms with Crippen molar-refractivity contribution in [3.63, 3.8) is 0 Å². The van der Waals surface area contributed by atoms with Crippen LogP contribution in [0.25, 0.3) is 0 Å². The van der Waals surface area contributed by atoms with Gasteiger partial charge in [0.1, 0.15) is 6.54 Å². The Kier molecular flexibility index (Phi) is 4.48. The molecule has 0 radical (unpaired) electrons. The summed E-state index contributed by atoms with van der Waals surface area (Å²) in [6.07, 6.45) is 4.72. The van der Waals surface area contributed by atoms with Crippen molar-refractivity contribution in [3.05, 3.63) is 11.9 Å². The zero-order chi connectivity index (χ0) is 13.7. The van der Waals surface area contributed by atoms with Crippen LogP contribution in [0.2, 0.25) is 0 Å². The minimum absolute atomic E-state index is 0.0197. The van der Waals surface area contributed by atoms with Crippen LogP contribution < -0.4 is 0 Å². The van der Waals surface area contributed by atoms with Crippen molar-refractivity contribution in [1.82, 2.24) is 19.9 Å². The maximum absolute atomic E-state index is 12.1. The lowest BCUT2D eigenvalue weighted by Gasteiger charge is -2.25. The highest BCUT2D eigenvalue weighted by atomic mass is 16.5. The first-order valence-corrected chi connectivity index (χ1v) is 6.55. The molecular weight excluding hydrogens is 248 g/mol. The second-order valence-electron chi connectivity index (χ2n) is 4.46. The molecule has 0 saturated carbocycles. The van der Waals surface area contributed by atoms with E-state index < -0.39 is 0 Å². The standard InChI is InChI=1S/C12H18N4O3/c1-2-19-11(17)9-16-8-10(13-14-16)12(18)15-6-4-3-5-7-15/h8H,2-7,9H2,1H3. The van der Waals surface area contributed by atoms with E-state index in [0.717, 1.165) is 25.9 Å². The van der Waals surface area contributed by atoms with Crippen molar-refractivity contribution in [1.29, 1.82) is 0 Å². The number of esters is 1. The Morgan fingerprint density at radius 1 is 1.32 bits per heavy atom. The maximum Gasteiger partial charge on any atom is 0.327 e. The Bertz CT molecular complexity index is 452. The molecule has 0 aliphatic carbocycles. The van der Waals surface area contributed by atoms with E-state index in [1.165, 1.54) is 17.3 Å². The summed E-state index contributed by atoms with van der Waals surface area (Å²) in [6, 6.07) is 0. The first-order chi connectivity index (χ1) is 9.20.